The van der Waals surface area contributed by atoms with E-state index >= 15 is 0 Å². The first-order valence-electron chi connectivity index (χ1n) is 10.1. The van der Waals surface area contributed by atoms with Crippen LogP contribution in [0.15, 0.2) is 67.1 Å². The summed E-state index contributed by atoms with van der Waals surface area (Å²) in [4.78, 5) is 11.4. The summed E-state index contributed by atoms with van der Waals surface area (Å²) in [7, 11) is 0. The molecule has 6 rings (SSSR count). The maximum Gasteiger partial charge on any atom is 0.168 e. The monoisotopic (exact) mass is 427 g/mol. The van der Waals surface area contributed by atoms with Gasteiger partial charge < -0.3 is 4.90 Å². The van der Waals surface area contributed by atoms with Crippen molar-refractivity contribution in [1.29, 1.82) is 0 Å². The summed E-state index contributed by atoms with van der Waals surface area (Å²) in [6.07, 6.45) is 4.33. The molecule has 7 nitrogen and oxygen atoms in total. The molecule has 0 spiro atoms. The number of H-pyrrole nitrogens is 1. The summed E-state index contributed by atoms with van der Waals surface area (Å²) >= 11 is 6.06. The maximum atomic E-state index is 6.06. The Balaban J connectivity index is 1.39. The van der Waals surface area contributed by atoms with E-state index in [1.807, 2.05) is 65.5 Å². The normalized spacial score (nSPS) is 13.5. The van der Waals surface area contributed by atoms with E-state index < -0.39 is 0 Å². The van der Waals surface area contributed by atoms with Crippen LogP contribution in [0.3, 0.4) is 0 Å². The highest BCUT2D eigenvalue weighted by molar-refractivity contribution is 6.30. The van der Waals surface area contributed by atoms with E-state index in [4.69, 9.17) is 11.6 Å². The maximum absolute atomic E-state index is 6.06. The molecule has 0 unspecified atom stereocenters. The zero-order chi connectivity index (χ0) is 20.8. The molecule has 0 amide bonds. The predicted octanol–water partition coefficient (Wildman–Crippen LogP) is 4.42. The molecule has 0 fully saturated rings. The van der Waals surface area contributed by atoms with Crippen LogP contribution in [-0.4, -0.2) is 36.5 Å². The number of nitrogens with one attached hydrogen (secondary N) is 1. The number of nitrogens with zero attached hydrogens (tertiary/aromatic N) is 6. The molecule has 3 aromatic heterocycles. The lowest BCUT2D eigenvalue weighted by Crippen LogP contribution is -2.31. The average molecular weight is 428 g/mol. The third kappa shape index (κ3) is 3.05. The third-order valence-corrected chi connectivity index (χ3v) is 5.95. The minimum atomic E-state index is 0.715. The highest BCUT2D eigenvalue weighted by Crippen LogP contribution is 2.33. The second kappa shape index (κ2) is 7.21. The lowest BCUT2D eigenvalue weighted by molar-refractivity contribution is 0.713. The van der Waals surface area contributed by atoms with Crippen LogP contribution < -0.4 is 4.90 Å². The lowest BCUT2D eigenvalue weighted by atomic mass is 10.0. The average Bonchev–Trinajstić information content (AvgIpc) is 3.44. The van der Waals surface area contributed by atoms with Gasteiger partial charge in [-0.25, -0.2) is 14.6 Å². The Kier molecular flexibility index (Phi) is 4.21. The topological polar surface area (TPSA) is 75.5 Å². The van der Waals surface area contributed by atoms with Crippen molar-refractivity contribution in [1.82, 2.24) is 29.9 Å². The molecule has 2 aromatic carbocycles. The number of aromatic nitrogens is 6. The number of fused-ring (bicyclic) bond motifs is 2. The highest BCUT2D eigenvalue weighted by Gasteiger charge is 2.25. The lowest BCUT2D eigenvalue weighted by Gasteiger charge is -2.28. The summed E-state index contributed by atoms with van der Waals surface area (Å²) in [5.41, 5.74) is 6.15. The van der Waals surface area contributed by atoms with Crippen LogP contribution in [0.4, 0.5) is 5.82 Å². The van der Waals surface area contributed by atoms with Crippen LogP contribution in [0, 0.1) is 0 Å². The van der Waals surface area contributed by atoms with Gasteiger partial charge in [0.25, 0.3) is 0 Å². The molecule has 0 bridgehead atoms. The van der Waals surface area contributed by atoms with Crippen molar-refractivity contribution in [2.24, 2.45) is 0 Å². The Bertz CT molecular complexity index is 1370. The summed E-state index contributed by atoms with van der Waals surface area (Å²) in [6.45, 7) is 1.56. The SMILES string of the molecule is Clc1ccc(-c2n[nH]c3c2CN(c2ncnc4c2cnn4-c2ccccc2)CC3)cc1. The zero-order valence-electron chi connectivity index (χ0n) is 16.5. The van der Waals surface area contributed by atoms with Gasteiger partial charge in [0.15, 0.2) is 5.65 Å². The van der Waals surface area contributed by atoms with Gasteiger partial charge in [-0.2, -0.15) is 10.2 Å². The number of benzene rings is 2. The van der Waals surface area contributed by atoms with Gasteiger partial charge in [0.05, 0.1) is 23.0 Å². The zero-order valence-corrected chi connectivity index (χ0v) is 17.3. The van der Waals surface area contributed by atoms with Crippen LogP contribution in [0.1, 0.15) is 11.3 Å². The molecule has 5 aromatic rings. The van der Waals surface area contributed by atoms with E-state index in [0.717, 1.165) is 46.8 Å². The Morgan fingerprint density at radius 2 is 1.81 bits per heavy atom. The van der Waals surface area contributed by atoms with Gasteiger partial charge in [0.1, 0.15) is 12.1 Å². The number of rotatable bonds is 3. The van der Waals surface area contributed by atoms with E-state index in [2.05, 4.69) is 30.2 Å². The van der Waals surface area contributed by atoms with Gasteiger partial charge in [-0.05, 0) is 24.3 Å². The molecular formula is C23H18ClN7. The molecule has 0 aliphatic carbocycles. The summed E-state index contributed by atoms with van der Waals surface area (Å²) < 4.78 is 1.85. The molecular weight excluding hydrogens is 410 g/mol. The van der Waals surface area contributed by atoms with Crippen molar-refractivity contribution in [2.75, 3.05) is 11.4 Å². The predicted molar refractivity (Wildman–Crippen MR) is 120 cm³/mol. The fourth-order valence-corrected chi connectivity index (χ4v) is 4.29. The Labute approximate surface area is 183 Å². The summed E-state index contributed by atoms with van der Waals surface area (Å²) in [6, 6.07) is 17.8. The van der Waals surface area contributed by atoms with E-state index in [-0.39, 0.29) is 0 Å². The van der Waals surface area contributed by atoms with Gasteiger partial charge in [-0.1, -0.05) is 41.9 Å². The smallest absolute Gasteiger partial charge is 0.168 e. The van der Waals surface area contributed by atoms with Crippen LogP contribution in [0.5, 0.6) is 0 Å². The molecule has 31 heavy (non-hydrogen) atoms. The van der Waals surface area contributed by atoms with Gasteiger partial charge >= 0.3 is 0 Å². The van der Waals surface area contributed by atoms with E-state index in [1.54, 1.807) is 6.33 Å². The molecule has 0 saturated heterocycles. The van der Waals surface area contributed by atoms with Crippen LogP contribution in [-0.2, 0) is 13.0 Å². The van der Waals surface area contributed by atoms with Crippen LogP contribution >= 0.6 is 11.6 Å². The van der Waals surface area contributed by atoms with Crippen molar-refractivity contribution in [3.05, 3.63) is 83.4 Å². The minimum Gasteiger partial charge on any atom is -0.351 e. The minimum absolute atomic E-state index is 0.715. The van der Waals surface area contributed by atoms with Crippen LogP contribution in [0.2, 0.25) is 5.02 Å². The first-order valence-corrected chi connectivity index (χ1v) is 10.5. The van der Waals surface area contributed by atoms with Crippen molar-refractivity contribution in [3.8, 4) is 16.9 Å². The highest BCUT2D eigenvalue weighted by atomic mass is 35.5. The van der Waals surface area contributed by atoms with Crippen molar-refractivity contribution in [3.63, 3.8) is 0 Å². The number of aromatic amines is 1. The Morgan fingerprint density at radius 1 is 0.968 bits per heavy atom. The fraction of sp³-hybridized carbons (Fsp3) is 0.130. The second-order valence-corrected chi connectivity index (χ2v) is 7.97. The van der Waals surface area contributed by atoms with Crippen molar-refractivity contribution < 1.29 is 0 Å². The van der Waals surface area contributed by atoms with Crippen LogP contribution in [0.25, 0.3) is 28.0 Å². The molecule has 1 aliphatic rings. The molecule has 0 radical (unpaired) electrons. The quantitative estimate of drug-likeness (QED) is 0.461. The summed E-state index contributed by atoms with van der Waals surface area (Å²) in [5, 5.41) is 14.0. The fourth-order valence-electron chi connectivity index (χ4n) is 4.16. The van der Waals surface area contributed by atoms with E-state index in [0.29, 0.717) is 11.6 Å². The van der Waals surface area contributed by atoms with E-state index in [1.165, 1.54) is 11.3 Å². The molecule has 4 heterocycles. The standard InChI is InChI=1S/C23H18ClN7/c24-16-8-6-15(7-9-16)21-19-13-30(11-10-20(19)28-29-21)22-18-12-27-31(23(18)26-14-25-22)17-4-2-1-3-5-17/h1-9,12,14H,10-11,13H2,(H,28,29). The number of halogens is 1. The number of hydrogen-bond acceptors (Lipinski definition) is 5. The molecule has 0 saturated carbocycles. The molecule has 8 heteroatoms. The largest absolute Gasteiger partial charge is 0.351 e. The first-order chi connectivity index (χ1) is 15.3. The van der Waals surface area contributed by atoms with E-state index in [9.17, 15) is 0 Å². The molecule has 0 atom stereocenters. The van der Waals surface area contributed by atoms with Gasteiger partial charge in [-0.15, -0.1) is 0 Å². The Morgan fingerprint density at radius 3 is 2.65 bits per heavy atom. The first kappa shape index (κ1) is 18.1. The summed E-state index contributed by atoms with van der Waals surface area (Å²) in [5.74, 6) is 0.890. The van der Waals surface area contributed by atoms with Gasteiger partial charge in [-0.3, -0.25) is 5.10 Å². The van der Waals surface area contributed by atoms with Gasteiger partial charge in [0, 0.05) is 41.4 Å². The molecule has 1 N–H and O–H groups in total. The molecule has 1 aliphatic heterocycles. The van der Waals surface area contributed by atoms with Gasteiger partial charge in [0.2, 0.25) is 0 Å². The van der Waals surface area contributed by atoms with Crippen molar-refractivity contribution >= 4 is 28.5 Å². The third-order valence-electron chi connectivity index (χ3n) is 5.70. The second-order valence-electron chi connectivity index (χ2n) is 7.53. The van der Waals surface area contributed by atoms with Crippen molar-refractivity contribution in [2.45, 2.75) is 13.0 Å². The number of hydrogen-bond donors (Lipinski definition) is 1. The number of para-hydroxylation sites is 1. The molecule has 152 valence electrons. The number of anilines is 1. The Hall–Kier alpha value is -3.71.